The number of benzene rings is 1. The molecule has 1 unspecified atom stereocenters. The van der Waals surface area contributed by atoms with Gasteiger partial charge in [-0.25, -0.2) is 9.37 Å². The van der Waals surface area contributed by atoms with Crippen molar-refractivity contribution in [2.45, 2.75) is 93.0 Å². The molecule has 216 valence electrons. The molecule has 0 saturated heterocycles. The van der Waals surface area contributed by atoms with E-state index in [9.17, 15) is 4.39 Å². The van der Waals surface area contributed by atoms with Gasteiger partial charge < -0.3 is 20.1 Å². The third-order valence-electron chi connectivity index (χ3n) is 5.76. The zero-order valence-corrected chi connectivity index (χ0v) is 25.6. The second-order valence-electron chi connectivity index (χ2n) is 10.8. The molecule has 0 amide bonds. The Hall–Kier alpha value is -3.28. The molecule has 0 fully saturated rings. The van der Waals surface area contributed by atoms with Crippen molar-refractivity contribution >= 4 is 0 Å². The molecule has 1 aliphatic rings. The second kappa shape index (κ2) is 17.3. The summed E-state index contributed by atoms with van der Waals surface area (Å²) in [4.78, 5) is 6.35. The number of hydrogen-bond donors (Lipinski definition) is 2. The lowest BCUT2D eigenvalue weighted by molar-refractivity contribution is 0.217. The van der Waals surface area contributed by atoms with E-state index in [-0.39, 0.29) is 6.17 Å². The monoisotopic (exact) mass is 537 g/mol. The van der Waals surface area contributed by atoms with Crippen LogP contribution < -0.4 is 10.6 Å². The van der Waals surface area contributed by atoms with Crippen LogP contribution >= 0.6 is 0 Å². The average molecular weight is 538 g/mol. The van der Waals surface area contributed by atoms with Crippen LogP contribution in [-0.4, -0.2) is 39.4 Å². The van der Waals surface area contributed by atoms with Crippen molar-refractivity contribution in [3.05, 3.63) is 102 Å². The topological polar surface area (TPSA) is 45.1 Å². The van der Waals surface area contributed by atoms with E-state index in [4.69, 9.17) is 0 Å². The van der Waals surface area contributed by atoms with Crippen LogP contribution in [0, 0.1) is 6.92 Å². The largest absolute Gasteiger partial charge is 0.386 e. The highest BCUT2D eigenvalue weighted by Gasteiger charge is 2.25. The molecule has 0 aliphatic carbocycles. The fourth-order valence-corrected chi connectivity index (χ4v) is 3.94. The molecule has 2 aromatic rings. The molecule has 2 heterocycles. The Morgan fingerprint density at radius 3 is 2.36 bits per heavy atom. The molecule has 1 atom stereocenters. The number of hydrogen-bond acceptors (Lipinski definition) is 4. The number of allylic oxidation sites excluding steroid dienone is 2. The third kappa shape index (κ3) is 14.4. The number of halogens is 1. The van der Waals surface area contributed by atoms with E-state index < -0.39 is 5.67 Å². The van der Waals surface area contributed by atoms with Gasteiger partial charge in [-0.15, -0.1) is 0 Å². The Kier molecular flexibility index (Phi) is 15.0. The number of rotatable bonds is 12. The van der Waals surface area contributed by atoms with Crippen molar-refractivity contribution in [3.63, 3.8) is 0 Å². The Morgan fingerprint density at radius 2 is 1.82 bits per heavy atom. The summed E-state index contributed by atoms with van der Waals surface area (Å²) in [7, 11) is 0. The van der Waals surface area contributed by atoms with E-state index in [0.717, 1.165) is 49.3 Å². The van der Waals surface area contributed by atoms with Crippen LogP contribution in [0.1, 0.15) is 72.4 Å². The van der Waals surface area contributed by atoms with Gasteiger partial charge in [-0.2, -0.15) is 0 Å². The number of nitrogens with one attached hydrogen (secondary N) is 2. The maximum Gasteiger partial charge on any atom is 0.139 e. The molecular formula is C33H52FN5. The Labute approximate surface area is 237 Å². The van der Waals surface area contributed by atoms with E-state index in [1.165, 1.54) is 16.8 Å². The van der Waals surface area contributed by atoms with Crippen molar-refractivity contribution in [3.8, 4) is 0 Å². The van der Waals surface area contributed by atoms with Crippen molar-refractivity contribution in [2.24, 2.45) is 0 Å². The molecule has 0 bridgehead atoms. The molecule has 2 N–H and O–H groups in total. The van der Waals surface area contributed by atoms with Gasteiger partial charge in [0, 0.05) is 62.5 Å². The predicted octanol–water partition coefficient (Wildman–Crippen LogP) is 7.69. The van der Waals surface area contributed by atoms with Gasteiger partial charge in [0.05, 0.1) is 6.33 Å². The number of nitrogens with zero attached hydrogens (tertiary/aromatic N) is 3. The lowest BCUT2D eigenvalue weighted by atomic mass is 10.00. The fraction of sp³-hybridized carbons (Fsp3) is 0.485. The van der Waals surface area contributed by atoms with Crippen LogP contribution in [0.4, 0.5) is 4.39 Å². The van der Waals surface area contributed by atoms with E-state index >= 15 is 0 Å². The van der Waals surface area contributed by atoms with Crippen LogP contribution in [-0.2, 0) is 13.0 Å². The van der Waals surface area contributed by atoms with Gasteiger partial charge in [0.1, 0.15) is 11.8 Å². The molecule has 0 radical (unpaired) electrons. The normalized spacial score (nSPS) is 14.1. The maximum absolute atomic E-state index is 13.2. The molecule has 0 spiro atoms. The van der Waals surface area contributed by atoms with Crippen molar-refractivity contribution < 1.29 is 4.39 Å². The Bertz CT molecular complexity index is 1040. The highest BCUT2D eigenvalue weighted by molar-refractivity contribution is 5.23. The highest BCUT2D eigenvalue weighted by atomic mass is 19.1. The van der Waals surface area contributed by atoms with Crippen LogP contribution in [0.15, 0.2) is 91.0 Å². The van der Waals surface area contributed by atoms with Crippen LogP contribution in [0.3, 0.4) is 0 Å². The molecule has 6 heteroatoms. The highest BCUT2D eigenvalue weighted by Crippen LogP contribution is 2.20. The first-order valence-corrected chi connectivity index (χ1v) is 14.1. The molecule has 1 aliphatic heterocycles. The zero-order valence-electron chi connectivity index (χ0n) is 25.6. The smallest absolute Gasteiger partial charge is 0.139 e. The van der Waals surface area contributed by atoms with E-state index in [2.05, 4.69) is 71.3 Å². The minimum absolute atomic E-state index is 0.0817. The summed E-state index contributed by atoms with van der Waals surface area (Å²) >= 11 is 0. The summed E-state index contributed by atoms with van der Waals surface area (Å²) in [6, 6.07) is 8.00. The molecular weight excluding hydrogens is 485 g/mol. The van der Waals surface area contributed by atoms with Gasteiger partial charge in [0.2, 0.25) is 0 Å². The van der Waals surface area contributed by atoms with Crippen LogP contribution in [0.5, 0.6) is 0 Å². The molecule has 39 heavy (non-hydrogen) atoms. The summed E-state index contributed by atoms with van der Waals surface area (Å²) in [5.41, 5.74) is 5.85. The number of imidazole rings is 1. The Balaban J connectivity index is 0.000000454. The molecule has 5 nitrogen and oxygen atoms in total. The number of alkyl halides is 1. The molecule has 1 aromatic carbocycles. The molecule has 3 rings (SSSR count). The van der Waals surface area contributed by atoms with Gasteiger partial charge >= 0.3 is 0 Å². The van der Waals surface area contributed by atoms with Gasteiger partial charge in [-0.3, -0.25) is 0 Å². The zero-order chi connectivity index (χ0) is 29.4. The first-order chi connectivity index (χ1) is 18.4. The van der Waals surface area contributed by atoms with E-state index in [1.54, 1.807) is 13.8 Å². The minimum Gasteiger partial charge on any atom is -0.386 e. The lowest BCUT2D eigenvalue weighted by Gasteiger charge is -2.27. The Morgan fingerprint density at radius 1 is 1.15 bits per heavy atom. The summed E-state index contributed by atoms with van der Waals surface area (Å²) < 4.78 is 15.3. The summed E-state index contributed by atoms with van der Waals surface area (Å²) in [6.07, 6.45) is 12.6. The van der Waals surface area contributed by atoms with Crippen molar-refractivity contribution in [2.75, 3.05) is 13.1 Å². The quantitative estimate of drug-likeness (QED) is 0.215. The van der Waals surface area contributed by atoms with Gasteiger partial charge in [0.15, 0.2) is 0 Å². The van der Waals surface area contributed by atoms with Gasteiger partial charge in [-0.05, 0) is 53.5 Å². The fourth-order valence-electron chi connectivity index (χ4n) is 3.94. The summed E-state index contributed by atoms with van der Waals surface area (Å²) in [5, 5.41) is 7.04. The van der Waals surface area contributed by atoms with Crippen molar-refractivity contribution in [1.29, 1.82) is 0 Å². The number of aromatic nitrogens is 2. The second-order valence-corrected chi connectivity index (χ2v) is 10.8. The third-order valence-corrected chi connectivity index (χ3v) is 5.76. The van der Waals surface area contributed by atoms with E-state index in [0.29, 0.717) is 6.42 Å². The van der Waals surface area contributed by atoms with Crippen LogP contribution in [0.2, 0.25) is 0 Å². The predicted molar refractivity (Wildman–Crippen MR) is 166 cm³/mol. The van der Waals surface area contributed by atoms with Crippen molar-refractivity contribution in [1.82, 2.24) is 25.1 Å². The first-order valence-electron chi connectivity index (χ1n) is 14.1. The first kappa shape index (κ1) is 33.7. The molecule has 1 aromatic heterocycles. The lowest BCUT2D eigenvalue weighted by Crippen LogP contribution is -2.42. The minimum atomic E-state index is -1.10. The maximum atomic E-state index is 13.2. The van der Waals surface area contributed by atoms with Gasteiger partial charge in [-0.1, -0.05) is 74.1 Å². The van der Waals surface area contributed by atoms with Crippen LogP contribution in [0.25, 0.3) is 0 Å². The summed E-state index contributed by atoms with van der Waals surface area (Å²) in [5.74, 6) is 0. The molecule has 0 saturated carbocycles. The standard InChI is InChI=1S/C20H31N5.C11H15F.C2H6/c1-16(2)7-11-25-14-19(13-17(3)4)23-20(25)18(5)22-8-6-10-24-12-9-21-15-24;1-9-4-6-10(7-5-9)8-11(2,3)12;1-2/h7,9,12,14-15,20,22-23H,3,5-6,8,10-11,13H2,1-2,4H3;4-7H,8H2,1-3H3;1-2H3. The summed E-state index contributed by atoms with van der Waals surface area (Å²) in [6.45, 7) is 26.5. The number of aryl methyl sites for hydroxylation is 2. The average Bonchev–Trinajstić information content (AvgIpc) is 3.52. The van der Waals surface area contributed by atoms with E-state index in [1.807, 2.05) is 63.8 Å². The van der Waals surface area contributed by atoms with Gasteiger partial charge in [0.25, 0.3) is 0 Å². The SMILES string of the molecule is C=C(C)CC1=CN(CC=C(C)C)C(C(=C)NCCCn2ccnc2)N1.CC.Cc1ccc(CC(C)(C)F)cc1.